The van der Waals surface area contributed by atoms with Crippen molar-refractivity contribution in [2.75, 3.05) is 42.7 Å². The van der Waals surface area contributed by atoms with Crippen molar-refractivity contribution in [3.8, 4) is 11.4 Å². The number of hydrogen-bond acceptors (Lipinski definition) is 7. The van der Waals surface area contributed by atoms with Gasteiger partial charge in [0.05, 0.1) is 5.75 Å². The summed E-state index contributed by atoms with van der Waals surface area (Å²) in [6.45, 7) is 2.65. The Labute approximate surface area is 171 Å². The summed E-state index contributed by atoms with van der Waals surface area (Å²) in [6.07, 6.45) is 3.33. The van der Waals surface area contributed by atoms with Crippen LogP contribution >= 0.6 is 11.8 Å². The van der Waals surface area contributed by atoms with E-state index in [4.69, 9.17) is 5.84 Å². The van der Waals surface area contributed by atoms with E-state index in [0.717, 1.165) is 11.3 Å². The van der Waals surface area contributed by atoms with Gasteiger partial charge in [-0.25, -0.2) is 9.07 Å². The van der Waals surface area contributed by atoms with Crippen molar-refractivity contribution in [3.05, 3.63) is 54.6 Å². The van der Waals surface area contributed by atoms with Crippen LogP contribution < -0.4 is 10.7 Å². The predicted octanol–water partition coefficient (Wildman–Crippen LogP) is 1.63. The molecule has 1 saturated heterocycles. The Morgan fingerprint density at radius 2 is 1.86 bits per heavy atom. The minimum atomic E-state index is -0.251. The Morgan fingerprint density at radius 1 is 1.10 bits per heavy atom. The zero-order valence-corrected chi connectivity index (χ0v) is 16.4. The Balaban J connectivity index is 1.31. The minimum absolute atomic E-state index is 0.0275. The van der Waals surface area contributed by atoms with Crippen LogP contribution in [-0.2, 0) is 4.79 Å². The first-order valence-corrected chi connectivity index (χ1v) is 10.1. The van der Waals surface area contributed by atoms with Gasteiger partial charge in [0, 0.05) is 49.8 Å². The van der Waals surface area contributed by atoms with Crippen LogP contribution in [0.15, 0.2) is 53.9 Å². The fourth-order valence-electron chi connectivity index (χ4n) is 3.15. The molecule has 4 rings (SSSR count). The number of aromatic nitrogens is 4. The van der Waals surface area contributed by atoms with Crippen LogP contribution in [0.3, 0.4) is 0 Å². The van der Waals surface area contributed by atoms with Crippen LogP contribution in [0, 0.1) is 5.82 Å². The molecule has 3 heterocycles. The maximum absolute atomic E-state index is 13.1. The second kappa shape index (κ2) is 8.48. The Hall–Kier alpha value is -3.14. The fraction of sp³-hybridized carbons (Fsp3) is 0.263. The quantitative estimate of drug-likeness (QED) is 0.502. The lowest BCUT2D eigenvalue weighted by Gasteiger charge is -2.36. The second-order valence-corrected chi connectivity index (χ2v) is 7.49. The van der Waals surface area contributed by atoms with Gasteiger partial charge in [-0.2, -0.15) is 0 Å². The van der Waals surface area contributed by atoms with Gasteiger partial charge < -0.3 is 15.6 Å². The van der Waals surface area contributed by atoms with Crippen molar-refractivity contribution in [1.82, 2.24) is 24.8 Å². The van der Waals surface area contributed by atoms with Gasteiger partial charge in [-0.05, 0) is 36.4 Å². The molecule has 3 aromatic rings. The van der Waals surface area contributed by atoms with Crippen LogP contribution in [-0.4, -0.2) is 62.6 Å². The lowest BCUT2D eigenvalue weighted by atomic mass is 10.2. The summed E-state index contributed by atoms with van der Waals surface area (Å²) in [4.78, 5) is 20.6. The number of amides is 1. The average molecular weight is 413 g/mol. The SMILES string of the molecule is Nn1c(SCC(=O)N2CCN(c3ccc(F)cc3)CC2)nnc1-c1cccnc1. The summed E-state index contributed by atoms with van der Waals surface area (Å²) >= 11 is 1.26. The molecule has 0 saturated carbocycles. The van der Waals surface area contributed by atoms with Crippen molar-refractivity contribution >= 4 is 23.4 Å². The summed E-state index contributed by atoms with van der Waals surface area (Å²) in [6, 6.07) is 10.1. The number of carbonyl (C=O) groups excluding carboxylic acids is 1. The van der Waals surface area contributed by atoms with Gasteiger partial charge in [0.15, 0.2) is 5.82 Å². The van der Waals surface area contributed by atoms with Crippen molar-refractivity contribution in [2.24, 2.45) is 0 Å². The van der Waals surface area contributed by atoms with Crippen LogP contribution in [0.1, 0.15) is 0 Å². The third-order valence-corrected chi connectivity index (χ3v) is 5.66. The number of thioether (sulfide) groups is 1. The van der Waals surface area contributed by atoms with Crippen molar-refractivity contribution in [3.63, 3.8) is 0 Å². The van der Waals surface area contributed by atoms with E-state index >= 15 is 0 Å². The molecule has 1 aromatic carbocycles. The van der Waals surface area contributed by atoms with E-state index < -0.39 is 0 Å². The number of hydrogen-bond donors (Lipinski definition) is 1. The number of carbonyl (C=O) groups is 1. The molecule has 8 nitrogen and oxygen atoms in total. The molecule has 150 valence electrons. The third-order valence-electron chi connectivity index (χ3n) is 4.73. The van der Waals surface area contributed by atoms with E-state index in [1.54, 1.807) is 30.6 Å². The van der Waals surface area contributed by atoms with E-state index in [-0.39, 0.29) is 17.5 Å². The summed E-state index contributed by atoms with van der Waals surface area (Å²) < 4.78 is 14.5. The fourth-order valence-corrected chi connectivity index (χ4v) is 3.91. The zero-order valence-electron chi connectivity index (χ0n) is 15.6. The predicted molar refractivity (Wildman–Crippen MR) is 109 cm³/mol. The highest BCUT2D eigenvalue weighted by Gasteiger charge is 2.22. The van der Waals surface area contributed by atoms with Gasteiger partial charge in [-0.3, -0.25) is 9.78 Å². The smallest absolute Gasteiger partial charge is 0.233 e. The van der Waals surface area contributed by atoms with Crippen molar-refractivity contribution < 1.29 is 9.18 Å². The summed E-state index contributed by atoms with van der Waals surface area (Å²) in [5.74, 6) is 6.59. The largest absolute Gasteiger partial charge is 0.368 e. The lowest BCUT2D eigenvalue weighted by molar-refractivity contribution is -0.128. The number of benzene rings is 1. The maximum atomic E-state index is 13.1. The van der Waals surface area contributed by atoms with Gasteiger partial charge in [-0.15, -0.1) is 10.2 Å². The monoisotopic (exact) mass is 413 g/mol. The summed E-state index contributed by atoms with van der Waals surface area (Å²) in [7, 11) is 0. The topological polar surface area (TPSA) is 93.2 Å². The first-order chi connectivity index (χ1) is 14.1. The number of nitrogens with zero attached hydrogens (tertiary/aromatic N) is 6. The van der Waals surface area contributed by atoms with Crippen molar-refractivity contribution in [1.29, 1.82) is 0 Å². The highest BCUT2D eigenvalue weighted by Crippen LogP contribution is 2.22. The molecule has 1 amide bonds. The lowest BCUT2D eigenvalue weighted by Crippen LogP contribution is -2.49. The van der Waals surface area contributed by atoms with Gasteiger partial charge in [-0.1, -0.05) is 11.8 Å². The van der Waals surface area contributed by atoms with Crippen LogP contribution in [0.5, 0.6) is 0 Å². The van der Waals surface area contributed by atoms with Crippen LogP contribution in [0.2, 0.25) is 0 Å². The first-order valence-electron chi connectivity index (χ1n) is 9.14. The molecule has 0 atom stereocenters. The standard InChI is InChI=1S/C19H20FN7OS/c20-15-3-5-16(6-4-15)25-8-10-26(11-9-25)17(28)13-29-19-24-23-18(27(19)21)14-2-1-7-22-12-14/h1-7,12H,8-11,13,21H2. The van der Waals surface area contributed by atoms with Gasteiger partial charge in [0.25, 0.3) is 0 Å². The Bertz CT molecular complexity index is 972. The van der Waals surface area contributed by atoms with E-state index in [1.807, 2.05) is 11.0 Å². The number of halogens is 1. The molecular weight excluding hydrogens is 393 g/mol. The summed E-state index contributed by atoms with van der Waals surface area (Å²) in [5, 5.41) is 8.65. The number of rotatable bonds is 5. The molecule has 2 aromatic heterocycles. The van der Waals surface area contributed by atoms with Gasteiger partial charge >= 0.3 is 0 Å². The number of pyridine rings is 1. The second-order valence-electron chi connectivity index (χ2n) is 6.55. The molecular formula is C19H20FN7OS. The van der Waals surface area contributed by atoms with E-state index in [0.29, 0.717) is 37.2 Å². The molecule has 29 heavy (non-hydrogen) atoms. The molecule has 10 heteroatoms. The molecule has 0 unspecified atom stereocenters. The molecule has 0 aliphatic carbocycles. The van der Waals surface area contributed by atoms with Crippen LogP contribution in [0.25, 0.3) is 11.4 Å². The first kappa shape index (κ1) is 19.2. The van der Waals surface area contributed by atoms with Crippen LogP contribution in [0.4, 0.5) is 10.1 Å². The normalized spacial score (nSPS) is 14.2. The Morgan fingerprint density at radius 3 is 2.55 bits per heavy atom. The zero-order chi connectivity index (χ0) is 20.2. The van der Waals surface area contributed by atoms with E-state index in [2.05, 4.69) is 20.1 Å². The number of piperazine rings is 1. The molecule has 0 bridgehead atoms. The highest BCUT2D eigenvalue weighted by atomic mass is 32.2. The molecule has 0 spiro atoms. The number of nitrogens with two attached hydrogens (primary N) is 1. The molecule has 2 N–H and O–H groups in total. The molecule has 0 radical (unpaired) electrons. The minimum Gasteiger partial charge on any atom is -0.368 e. The Kier molecular flexibility index (Phi) is 5.61. The van der Waals surface area contributed by atoms with Gasteiger partial charge in [0.2, 0.25) is 11.1 Å². The average Bonchev–Trinajstić information content (AvgIpc) is 3.13. The van der Waals surface area contributed by atoms with Crippen molar-refractivity contribution in [2.45, 2.75) is 5.16 Å². The number of anilines is 1. The number of nitrogen functional groups attached to an aromatic ring is 1. The summed E-state index contributed by atoms with van der Waals surface area (Å²) in [5.41, 5.74) is 1.73. The molecule has 1 fully saturated rings. The molecule has 1 aliphatic heterocycles. The molecule has 1 aliphatic rings. The van der Waals surface area contributed by atoms with E-state index in [9.17, 15) is 9.18 Å². The maximum Gasteiger partial charge on any atom is 0.233 e. The third kappa shape index (κ3) is 4.32. The van der Waals surface area contributed by atoms with Gasteiger partial charge in [0.1, 0.15) is 5.82 Å². The van der Waals surface area contributed by atoms with E-state index in [1.165, 1.54) is 28.6 Å². The highest BCUT2D eigenvalue weighted by molar-refractivity contribution is 7.99.